The average Bonchev–Trinajstić information content (AvgIpc) is 1.68. The predicted molar refractivity (Wildman–Crippen MR) is 23.4 cm³/mol. The van der Waals surface area contributed by atoms with E-state index in [1.165, 1.54) is 14.2 Å². The lowest BCUT2D eigenvalue weighted by molar-refractivity contribution is -0.149. The molecule has 0 aromatic carbocycles. The van der Waals surface area contributed by atoms with E-state index in [1.807, 2.05) is 0 Å². The van der Waals surface area contributed by atoms with Gasteiger partial charge in [-0.15, -0.1) is 0 Å². The van der Waals surface area contributed by atoms with E-state index in [2.05, 4.69) is 9.47 Å². The van der Waals surface area contributed by atoms with Crippen molar-refractivity contribution in [1.29, 1.82) is 0 Å². The Morgan fingerprint density at radius 3 is 2.29 bits per heavy atom. The molecule has 1 unspecified atom stereocenters. The van der Waals surface area contributed by atoms with Gasteiger partial charge in [0.1, 0.15) is 6.61 Å². The summed E-state index contributed by atoms with van der Waals surface area (Å²) in [4.78, 5) is 0. The van der Waals surface area contributed by atoms with E-state index in [0.29, 0.717) is 0 Å². The Hall–Kier alpha value is -0.120. The van der Waals surface area contributed by atoms with E-state index >= 15 is 0 Å². The molecule has 3 heteroatoms. The molecule has 0 aliphatic carbocycles. The van der Waals surface area contributed by atoms with Crippen molar-refractivity contribution in [2.24, 2.45) is 0 Å². The molecule has 0 aromatic rings. The molecule has 0 rings (SSSR count). The van der Waals surface area contributed by atoms with Gasteiger partial charge in [-0.05, 0) is 0 Å². The van der Waals surface area contributed by atoms with Gasteiger partial charge in [-0.3, -0.25) is 0 Å². The fourth-order valence-corrected chi connectivity index (χ4v) is 0.204. The first-order chi connectivity index (χ1) is 3.31. The van der Waals surface area contributed by atoms with Crippen LogP contribution in [0.3, 0.4) is 0 Å². The second-order valence-corrected chi connectivity index (χ2v) is 1.12. The van der Waals surface area contributed by atoms with Crippen LogP contribution in [0.15, 0.2) is 0 Å². The van der Waals surface area contributed by atoms with Gasteiger partial charge >= 0.3 is 0 Å². The second kappa shape index (κ2) is 4.05. The molecular formula is C4H9O3. The molecule has 7 heavy (non-hydrogen) atoms. The molecule has 0 aliphatic rings. The summed E-state index contributed by atoms with van der Waals surface area (Å²) in [6.45, 7) is 0.122. The fraction of sp³-hybridized carbons (Fsp3) is 1.00. The molecule has 0 saturated heterocycles. The van der Waals surface area contributed by atoms with Crippen molar-refractivity contribution in [2.45, 2.75) is 6.29 Å². The lowest BCUT2D eigenvalue weighted by Gasteiger charge is -2.01. The minimum Gasteiger partial charge on any atom is -0.379 e. The summed E-state index contributed by atoms with van der Waals surface area (Å²) in [5.74, 6) is 0. The van der Waals surface area contributed by atoms with Crippen molar-refractivity contribution < 1.29 is 14.6 Å². The maximum Gasteiger partial charge on any atom is 0.214 e. The SMILES string of the molecule is COCC([O])OC. The standard InChI is InChI=1S/C4H9O3/c1-6-3-4(5)7-2/h4H,3H2,1-2H3. The van der Waals surface area contributed by atoms with E-state index in [1.54, 1.807) is 0 Å². The summed E-state index contributed by atoms with van der Waals surface area (Å²) in [5.41, 5.74) is 0. The first-order valence-electron chi connectivity index (χ1n) is 1.98. The summed E-state index contributed by atoms with van der Waals surface area (Å²) in [6, 6.07) is 0. The minimum absolute atomic E-state index is 0.122. The van der Waals surface area contributed by atoms with Crippen LogP contribution in [0.1, 0.15) is 0 Å². The van der Waals surface area contributed by atoms with Gasteiger partial charge in [-0.25, -0.2) is 0 Å². The zero-order chi connectivity index (χ0) is 5.70. The Balaban J connectivity index is 2.83. The van der Waals surface area contributed by atoms with Crippen molar-refractivity contribution >= 4 is 0 Å². The number of rotatable bonds is 3. The van der Waals surface area contributed by atoms with Gasteiger partial charge in [0.25, 0.3) is 0 Å². The molecule has 0 amide bonds. The highest BCUT2D eigenvalue weighted by atomic mass is 16.6. The lowest BCUT2D eigenvalue weighted by atomic mass is 10.7. The molecule has 0 spiro atoms. The Kier molecular flexibility index (Phi) is 3.98. The van der Waals surface area contributed by atoms with E-state index in [-0.39, 0.29) is 6.61 Å². The third-order valence-electron chi connectivity index (χ3n) is 0.566. The highest BCUT2D eigenvalue weighted by Crippen LogP contribution is 1.81. The van der Waals surface area contributed by atoms with E-state index in [9.17, 15) is 5.11 Å². The topological polar surface area (TPSA) is 38.4 Å². The van der Waals surface area contributed by atoms with Crippen LogP contribution in [0.4, 0.5) is 0 Å². The van der Waals surface area contributed by atoms with Gasteiger partial charge in [-0.1, -0.05) is 0 Å². The Morgan fingerprint density at radius 1 is 1.57 bits per heavy atom. The smallest absolute Gasteiger partial charge is 0.214 e. The van der Waals surface area contributed by atoms with Crippen LogP contribution in [0.5, 0.6) is 0 Å². The Bertz CT molecular complexity index is 37.9. The quantitative estimate of drug-likeness (QED) is 0.475. The Morgan fingerprint density at radius 2 is 2.14 bits per heavy atom. The molecule has 0 N–H and O–H groups in total. The molecule has 0 fully saturated rings. The van der Waals surface area contributed by atoms with Gasteiger partial charge < -0.3 is 9.47 Å². The van der Waals surface area contributed by atoms with Crippen molar-refractivity contribution in [3.8, 4) is 0 Å². The molecule has 43 valence electrons. The number of methoxy groups -OCH3 is 2. The molecule has 0 bridgehead atoms. The normalized spacial score (nSPS) is 14.1. The number of ether oxygens (including phenoxy) is 2. The van der Waals surface area contributed by atoms with Crippen LogP contribution >= 0.6 is 0 Å². The monoisotopic (exact) mass is 105 g/mol. The average molecular weight is 105 g/mol. The maximum atomic E-state index is 10.1. The zero-order valence-corrected chi connectivity index (χ0v) is 4.51. The highest BCUT2D eigenvalue weighted by Gasteiger charge is 1.98. The first kappa shape index (κ1) is 6.88. The van der Waals surface area contributed by atoms with Gasteiger partial charge in [0, 0.05) is 14.2 Å². The third kappa shape index (κ3) is 3.72. The molecule has 0 heterocycles. The van der Waals surface area contributed by atoms with Crippen LogP contribution < -0.4 is 0 Å². The number of hydrogen-bond acceptors (Lipinski definition) is 2. The van der Waals surface area contributed by atoms with Crippen LogP contribution in [0.2, 0.25) is 0 Å². The molecular weight excluding hydrogens is 96.0 g/mol. The van der Waals surface area contributed by atoms with Crippen LogP contribution in [0, 0.1) is 0 Å². The molecule has 0 aliphatic heterocycles. The minimum atomic E-state index is -1.02. The second-order valence-electron chi connectivity index (χ2n) is 1.12. The molecule has 1 radical (unpaired) electrons. The van der Waals surface area contributed by atoms with Crippen LogP contribution in [-0.4, -0.2) is 27.1 Å². The predicted octanol–water partition coefficient (Wildman–Crippen LogP) is 0.0358. The van der Waals surface area contributed by atoms with E-state index < -0.39 is 6.29 Å². The summed E-state index contributed by atoms with van der Waals surface area (Å²) in [6.07, 6.45) is -1.02. The van der Waals surface area contributed by atoms with Gasteiger partial charge in [0.15, 0.2) is 0 Å². The van der Waals surface area contributed by atoms with Crippen molar-refractivity contribution in [3.63, 3.8) is 0 Å². The lowest BCUT2D eigenvalue weighted by Crippen LogP contribution is -2.13. The summed E-state index contributed by atoms with van der Waals surface area (Å²) in [5, 5.41) is 10.1. The van der Waals surface area contributed by atoms with Crippen molar-refractivity contribution in [2.75, 3.05) is 20.8 Å². The number of hydrogen-bond donors (Lipinski definition) is 0. The van der Waals surface area contributed by atoms with Crippen LogP contribution in [-0.2, 0) is 14.6 Å². The molecule has 0 aromatic heterocycles. The van der Waals surface area contributed by atoms with Gasteiger partial charge in [-0.2, -0.15) is 5.11 Å². The van der Waals surface area contributed by atoms with Crippen LogP contribution in [0.25, 0.3) is 0 Å². The molecule has 1 atom stereocenters. The molecule has 0 saturated carbocycles. The zero-order valence-electron chi connectivity index (χ0n) is 4.51. The summed E-state index contributed by atoms with van der Waals surface area (Å²) < 4.78 is 8.77. The third-order valence-corrected chi connectivity index (χ3v) is 0.566. The molecule has 3 nitrogen and oxygen atoms in total. The summed E-state index contributed by atoms with van der Waals surface area (Å²) >= 11 is 0. The summed E-state index contributed by atoms with van der Waals surface area (Å²) in [7, 11) is 2.82. The van der Waals surface area contributed by atoms with E-state index in [4.69, 9.17) is 0 Å². The highest BCUT2D eigenvalue weighted by molar-refractivity contribution is 4.28. The van der Waals surface area contributed by atoms with Crippen molar-refractivity contribution in [1.82, 2.24) is 0 Å². The first-order valence-corrected chi connectivity index (χ1v) is 1.98. The largest absolute Gasteiger partial charge is 0.379 e. The fourth-order valence-electron chi connectivity index (χ4n) is 0.204. The van der Waals surface area contributed by atoms with Gasteiger partial charge in [0.05, 0.1) is 0 Å². The van der Waals surface area contributed by atoms with Gasteiger partial charge in [0.2, 0.25) is 6.29 Å². The maximum absolute atomic E-state index is 10.1. The van der Waals surface area contributed by atoms with E-state index in [0.717, 1.165) is 0 Å². The Labute approximate surface area is 42.9 Å². The van der Waals surface area contributed by atoms with Crippen molar-refractivity contribution in [3.05, 3.63) is 0 Å².